The lowest BCUT2D eigenvalue weighted by Crippen LogP contribution is -2.07. The van der Waals surface area contributed by atoms with E-state index in [0.717, 1.165) is 36.2 Å². The summed E-state index contributed by atoms with van der Waals surface area (Å²) in [6, 6.07) is 0. The van der Waals surface area contributed by atoms with Crippen LogP contribution in [0.4, 0.5) is 5.95 Å². The Morgan fingerprint density at radius 3 is 3.06 bits per heavy atom. The molecule has 0 saturated carbocycles. The van der Waals surface area contributed by atoms with Crippen LogP contribution in [0.3, 0.4) is 0 Å². The van der Waals surface area contributed by atoms with Crippen LogP contribution in [0.2, 0.25) is 0 Å². The van der Waals surface area contributed by atoms with Crippen molar-refractivity contribution in [1.82, 2.24) is 14.5 Å². The molecule has 4 nitrogen and oxygen atoms in total. The summed E-state index contributed by atoms with van der Waals surface area (Å²) in [6.45, 7) is 5.92. The number of anilines is 1. The van der Waals surface area contributed by atoms with Gasteiger partial charge in [0.1, 0.15) is 5.01 Å². The topological polar surface area (TPSA) is 42.7 Å². The molecular formula is C11H16N4S. The zero-order valence-electron chi connectivity index (χ0n) is 9.60. The van der Waals surface area contributed by atoms with Crippen molar-refractivity contribution < 1.29 is 0 Å². The molecule has 0 radical (unpaired) electrons. The van der Waals surface area contributed by atoms with Crippen LogP contribution in [0.15, 0.2) is 17.8 Å². The number of nitrogens with zero attached hydrogens (tertiary/aromatic N) is 3. The van der Waals surface area contributed by atoms with Crippen molar-refractivity contribution >= 4 is 17.3 Å². The molecule has 86 valence electrons. The molecule has 0 unspecified atom stereocenters. The van der Waals surface area contributed by atoms with Crippen LogP contribution in [-0.2, 0) is 13.1 Å². The Balaban J connectivity index is 1.96. The molecule has 2 aromatic rings. The van der Waals surface area contributed by atoms with Crippen LogP contribution in [0.25, 0.3) is 0 Å². The summed E-state index contributed by atoms with van der Waals surface area (Å²) in [5.74, 6) is 0.926. The van der Waals surface area contributed by atoms with Gasteiger partial charge in [-0.1, -0.05) is 6.92 Å². The average molecular weight is 236 g/mol. The molecule has 0 aliphatic carbocycles. The average Bonchev–Trinajstić information content (AvgIpc) is 2.85. The van der Waals surface area contributed by atoms with Crippen LogP contribution < -0.4 is 5.32 Å². The van der Waals surface area contributed by atoms with Crippen molar-refractivity contribution in [3.05, 3.63) is 28.5 Å². The van der Waals surface area contributed by atoms with Crippen LogP contribution in [0, 0.1) is 6.92 Å². The third-order valence-corrected chi connectivity index (χ3v) is 3.21. The fourth-order valence-electron chi connectivity index (χ4n) is 1.54. The minimum Gasteiger partial charge on any atom is -0.349 e. The Hall–Kier alpha value is -1.36. The van der Waals surface area contributed by atoms with Crippen molar-refractivity contribution in [3.8, 4) is 0 Å². The fourth-order valence-corrected chi connectivity index (χ4v) is 2.25. The maximum absolute atomic E-state index is 4.40. The lowest BCUT2D eigenvalue weighted by Gasteiger charge is -2.06. The van der Waals surface area contributed by atoms with E-state index in [-0.39, 0.29) is 0 Å². The molecule has 0 spiro atoms. The number of rotatable bonds is 5. The van der Waals surface area contributed by atoms with Gasteiger partial charge in [-0.25, -0.2) is 9.97 Å². The summed E-state index contributed by atoms with van der Waals surface area (Å²) in [5, 5.41) is 6.47. The largest absolute Gasteiger partial charge is 0.349 e. The van der Waals surface area contributed by atoms with E-state index in [9.17, 15) is 0 Å². The SMILES string of the molecule is CCCn1ccnc1NCc1nc(C)cs1. The molecule has 2 heterocycles. The Labute approximate surface area is 99.4 Å². The molecular weight excluding hydrogens is 220 g/mol. The van der Waals surface area contributed by atoms with Gasteiger partial charge in [0.25, 0.3) is 0 Å². The van der Waals surface area contributed by atoms with Gasteiger partial charge in [0.15, 0.2) is 0 Å². The van der Waals surface area contributed by atoms with Gasteiger partial charge in [-0.3, -0.25) is 0 Å². The maximum atomic E-state index is 4.40. The first-order chi connectivity index (χ1) is 7.79. The van der Waals surface area contributed by atoms with E-state index in [1.807, 2.05) is 19.3 Å². The molecule has 2 rings (SSSR count). The third kappa shape index (κ3) is 2.61. The monoisotopic (exact) mass is 236 g/mol. The lowest BCUT2D eigenvalue weighted by molar-refractivity contribution is 0.682. The summed E-state index contributed by atoms with van der Waals surface area (Å²) in [7, 11) is 0. The molecule has 2 aromatic heterocycles. The highest BCUT2D eigenvalue weighted by Crippen LogP contribution is 2.11. The minimum atomic E-state index is 0.749. The van der Waals surface area contributed by atoms with Crippen molar-refractivity contribution in [2.24, 2.45) is 0 Å². The molecule has 1 N–H and O–H groups in total. The molecule has 0 fully saturated rings. The minimum absolute atomic E-state index is 0.749. The van der Waals surface area contributed by atoms with Gasteiger partial charge in [0.2, 0.25) is 5.95 Å². The highest BCUT2D eigenvalue weighted by molar-refractivity contribution is 7.09. The van der Waals surface area contributed by atoms with E-state index in [1.165, 1.54) is 0 Å². The molecule has 0 aromatic carbocycles. The zero-order chi connectivity index (χ0) is 11.4. The second kappa shape index (κ2) is 5.12. The molecule has 16 heavy (non-hydrogen) atoms. The van der Waals surface area contributed by atoms with Crippen molar-refractivity contribution in [3.63, 3.8) is 0 Å². The Bertz CT molecular complexity index is 446. The number of thiazole rings is 1. The van der Waals surface area contributed by atoms with Gasteiger partial charge in [-0.2, -0.15) is 0 Å². The number of aromatic nitrogens is 3. The van der Waals surface area contributed by atoms with E-state index in [0.29, 0.717) is 0 Å². The Kier molecular flexibility index (Phi) is 3.56. The molecule has 0 aliphatic heterocycles. The molecule has 0 aliphatic rings. The smallest absolute Gasteiger partial charge is 0.203 e. The van der Waals surface area contributed by atoms with Crippen LogP contribution in [0.5, 0.6) is 0 Å². The molecule has 0 atom stereocenters. The van der Waals surface area contributed by atoms with Gasteiger partial charge >= 0.3 is 0 Å². The maximum Gasteiger partial charge on any atom is 0.203 e. The van der Waals surface area contributed by atoms with E-state index in [4.69, 9.17) is 0 Å². The normalized spacial score (nSPS) is 10.6. The molecule has 0 amide bonds. The predicted octanol–water partition coefficient (Wildman–Crippen LogP) is 2.67. The number of hydrogen-bond donors (Lipinski definition) is 1. The zero-order valence-corrected chi connectivity index (χ0v) is 10.4. The van der Waals surface area contributed by atoms with E-state index in [2.05, 4.69) is 32.2 Å². The van der Waals surface area contributed by atoms with E-state index >= 15 is 0 Å². The Morgan fingerprint density at radius 2 is 2.38 bits per heavy atom. The lowest BCUT2D eigenvalue weighted by atomic mass is 10.5. The second-order valence-electron chi connectivity index (χ2n) is 3.68. The Morgan fingerprint density at radius 1 is 1.50 bits per heavy atom. The first kappa shape index (κ1) is 11.1. The highest BCUT2D eigenvalue weighted by Gasteiger charge is 2.03. The van der Waals surface area contributed by atoms with Gasteiger partial charge in [0, 0.05) is 30.0 Å². The summed E-state index contributed by atoms with van der Waals surface area (Å²) in [5.41, 5.74) is 1.08. The third-order valence-electron chi connectivity index (χ3n) is 2.24. The van der Waals surface area contributed by atoms with Crippen molar-refractivity contribution in [2.75, 3.05) is 5.32 Å². The first-order valence-electron chi connectivity index (χ1n) is 5.45. The summed E-state index contributed by atoms with van der Waals surface area (Å²) in [4.78, 5) is 8.69. The fraction of sp³-hybridized carbons (Fsp3) is 0.455. The van der Waals surface area contributed by atoms with Gasteiger partial charge < -0.3 is 9.88 Å². The van der Waals surface area contributed by atoms with Crippen molar-refractivity contribution in [2.45, 2.75) is 33.4 Å². The summed E-state index contributed by atoms with van der Waals surface area (Å²) >= 11 is 1.68. The number of hydrogen-bond acceptors (Lipinski definition) is 4. The van der Waals surface area contributed by atoms with Crippen molar-refractivity contribution in [1.29, 1.82) is 0 Å². The van der Waals surface area contributed by atoms with E-state index in [1.54, 1.807) is 11.3 Å². The van der Waals surface area contributed by atoms with Crippen LogP contribution in [0.1, 0.15) is 24.0 Å². The predicted molar refractivity (Wildman–Crippen MR) is 66.7 cm³/mol. The highest BCUT2D eigenvalue weighted by atomic mass is 32.1. The van der Waals surface area contributed by atoms with Gasteiger partial charge in [-0.15, -0.1) is 11.3 Å². The summed E-state index contributed by atoms with van der Waals surface area (Å²) < 4.78 is 2.13. The quantitative estimate of drug-likeness (QED) is 0.868. The van der Waals surface area contributed by atoms with Gasteiger partial charge in [-0.05, 0) is 13.3 Å². The molecule has 0 saturated heterocycles. The van der Waals surface area contributed by atoms with Gasteiger partial charge in [0.05, 0.1) is 6.54 Å². The second-order valence-corrected chi connectivity index (χ2v) is 4.62. The van der Waals surface area contributed by atoms with Crippen LogP contribution in [-0.4, -0.2) is 14.5 Å². The number of nitrogens with one attached hydrogen (secondary N) is 1. The standard InChI is InChI=1S/C11H16N4S/c1-3-5-15-6-4-12-11(15)13-7-10-14-9(2)8-16-10/h4,6,8H,3,5,7H2,1-2H3,(H,12,13). The first-order valence-corrected chi connectivity index (χ1v) is 6.33. The molecule has 0 bridgehead atoms. The molecule has 5 heteroatoms. The number of aryl methyl sites for hydroxylation is 2. The van der Waals surface area contributed by atoms with E-state index < -0.39 is 0 Å². The summed E-state index contributed by atoms with van der Waals surface area (Å²) in [6.07, 6.45) is 4.94. The number of imidazole rings is 1. The van der Waals surface area contributed by atoms with Crippen LogP contribution >= 0.6 is 11.3 Å².